The van der Waals surface area contributed by atoms with Gasteiger partial charge in [-0.1, -0.05) is 39.7 Å². The fourth-order valence-corrected chi connectivity index (χ4v) is 2.43. The molecule has 1 aromatic carbocycles. The Balaban J connectivity index is 2.19. The summed E-state index contributed by atoms with van der Waals surface area (Å²) in [6, 6.07) is 7.90. The van der Waals surface area contributed by atoms with Crippen molar-refractivity contribution < 1.29 is 0 Å². The second-order valence-corrected chi connectivity index (χ2v) is 5.99. The van der Waals surface area contributed by atoms with Crippen molar-refractivity contribution in [1.82, 2.24) is 9.78 Å². The summed E-state index contributed by atoms with van der Waals surface area (Å²) in [7, 11) is 0. The van der Waals surface area contributed by atoms with Gasteiger partial charge in [-0.15, -0.1) is 0 Å². The number of benzene rings is 1. The van der Waals surface area contributed by atoms with Crippen molar-refractivity contribution in [3.63, 3.8) is 0 Å². The van der Waals surface area contributed by atoms with Gasteiger partial charge in [0, 0.05) is 11.0 Å². The average Bonchev–Trinajstić information content (AvgIpc) is 2.40. The Kier molecular flexibility index (Phi) is 4.83. The van der Waals surface area contributed by atoms with Crippen LogP contribution in [0.3, 0.4) is 0 Å². The molecule has 0 aliphatic carbocycles. The molecule has 20 heavy (non-hydrogen) atoms. The molecule has 1 aromatic heterocycles. The van der Waals surface area contributed by atoms with Crippen LogP contribution in [0.15, 0.2) is 39.7 Å². The minimum atomic E-state index is -0.277. The number of nitrogens with one attached hydrogen (secondary N) is 1. The van der Waals surface area contributed by atoms with Crippen molar-refractivity contribution in [2.75, 3.05) is 5.32 Å². The maximum Gasteiger partial charge on any atom is 0.287 e. The molecule has 1 N–H and O–H groups in total. The number of aromatic nitrogens is 2. The summed E-state index contributed by atoms with van der Waals surface area (Å²) in [5.41, 5.74) is 1.36. The van der Waals surface area contributed by atoms with Gasteiger partial charge in [0.05, 0.1) is 17.9 Å². The Morgan fingerprint density at radius 1 is 1.45 bits per heavy atom. The van der Waals surface area contributed by atoms with Gasteiger partial charge in [0.1, 0.15) is 5.02 Å². The molecule has 2 aromatic rings. The van der Waals surface area contributed by atoms with E-state index in [4.69, 9.17) is 11.6 Å². The number of halogens is 2. The van der Waals surface area contributed by atoms with Crippen LogP contribution in [0.5, 0.6) is 0 Å². The van der Waals surface area contributed by atoms with E-state index in [0.29, 0.717) is 12.2 Å². The van der Waals surface area contributed by atoms with Crippen molar-refractivity contribution in [1.29, 1.82) is 0 Å². The van der Waals surface area contributed by atoms with Gasteiger partial charge < -0.3 is 5.32 Å². The number of nitrogens with zero attached hydrogens (tertiary/aromatic N) is 2. The lowest BCUT2D eigenvalue weighted by Crippen LogP contribution is -2.25. The molecule has 0 atom stereocenters. The summed E-state index contributed by atoms with van der Waals surface area (Å²) in [6.07, 6.45) is 1.59. The first kappa shape index (κ1) is 15.1. The van der Waals surface area contributed by atoms with Crippen molar-refractivity contribution in [2.45, 2.75) is 26.4 Å². The highest BCUT2D eigenvalue weighted by Crippen LogP contribution is 2.18. The third kappa shape index (κ3) is 3.41. The largest absolute Gasteiger partial charge is 0.378 e. The summed E-state index contributed by atoms with van der Waals surface area (Å²) in [5.74, 6) is 0. The minimum Gasteiger partial charge on any atom is -0.378 e. The highest BCUT2D eigenvalue weighted by Gasteiger charge is 2.10. The van der Waals surface area contributed by atoms with Gasteiger partial charge in [-0.3, -0.25) is 4.79 Å². The molecular formula is C14H15BrClN3O. The molecule has 1 heterocycles. The maximum atomic E-state index is 12.0. The molecule has 6 heteroatoms. The van der Waals surface area contributed by atoms with E-state index in [1.807, 2.05) is 38.1 Å². The average molecular weight is 357 g/mol. The molecule has 0 saturated carbocycles. The number of hydrogen-bond donors (Lipinski definition) is 1. The van der Waals surface area contributed by atoms with Gasteiger partial charge in [0.25, 0.3) is 5.56 Å². The zero-order valence-corrected chi connectivity index (χ0v) is 13.6. The fraction of sp³-hybridized carbons (Fsp3) is 0.286. The first-order valence-electron chi connectivity index (χ1n) is 6.24. The van der Waals surface area contributed by atoms with Crippen LogP contribution in [0.2, 0.25) is 5.02 Å². The highest BCUT2D eigenvalue weighted by atomic mass is 79.9. The predicted molar refractivity (Wildman–Crippen MR) is 85.4 cm³/mol. The second kappa shape index (κ2) is 6.41. The van der Waals surface area contributed by atoms with Crippen LogP contribution in [-0.4, -0.2) is 9.78 Å². The number of rotatable bonds is 4. The van der Waals surface area contributed by atoms with Crippen molar-refractivity contribution in [3.05, 3.63) is 55.9 Å². The van der Waals surface area contributed by atoms with E-state index < -0.39 is 0 Å². The molecule has 0 spiro atoms. The standard InChI is InChI=1S/C14H15BrClN3O/c1-9(2)19-14(20)13(16)12(8-18-19)17-7-10-4-3-5-11(15)6-10/h3-6,8-9,17H,7H2,1-2H3. The van der Waals surface area contributed by atoms with E-state index in [1.54, 1.807) is 6.20 Å². The molecule has 0 aliphatic rings. The minimum absolute atomic E-state index is 0.0147. The lowest BCUT2D eigenvalue weighted by Gasteiger charge is -2.12. The van der Waals surface area contributed by atoms with Crippen LogP contribution < -0.4 is 10.9 Å². The molecular weight excluding hydrogens is 342 g/mol. The molecule has 0 fully saturated rings. The topological polar surface area (TPSA) is 46.9 Å². The van der Waals surface area contributed by atoms with Crippen LogP contribution in [0.1, 0.15) is 25.5 Å². The molecule has 0 amide bonds. The molecule has 4 nitrogen and oxygen atoms in total. The zero-order chi connectivity index (χ0) is 14.7. The van der Waals surface area contributed by atoms with E-state index in [9.17, 15) is 4.79 Å². The Hall–Kier alpha value is -1.33. The molecule has 0 saturated heterocycles. The Morgan fingerprint density at radius 2 is 2.20 bits per heavy atom. The lowest BCUT2D eigenvalue weighted by molar-refractivity contribution is 0.503. The molecule has 106 valence electrons. The van der Waals surface area contributed by atoms with Crippen LogP contribution >= 0.6 is 27.5 Å². The summed E-state index contributed by atoms with van der Waals surface area (Å²) in [6.45, 7) is 4.35. The maximum absolute atomic E-state index is 12.0. The van der Waals surface area contributed by atoms with Gasteiger partial charge in [-0.05, 0) is 31.5 Å². The monoisotopic (exact) mass is 355 g/mol. The Labute approximate surface area is 130 Å². The smallest absolute Gasteiger partial charge is 0.287 e. The predicted octanol–water partition coefficient (Wildman–Crippen LogP) is 3.85. The van der Waals surface area contributed by atoms with E-state index in [0.717, 1.165) is 10.0 Å². The summed E-state index contributed by atoms with van der Waals surface area (Å²) >= 11 is 9.52. The molecule has 2 rings (SSSR count). The summed E-state index contributed by atoms with van der Waals surface area (Å²) < 4.78 is 2.38. The van der Waals surface area contributed by atoms with Gasteiger partial charge >= 0.3 is 0 Å². The van der Waals surface area contributed by atoms with Crippen LogP contribution in [-0.2, 0) is 6.54 Å². The van der Waals surface area contributed by atoms with Gasteiger partial charge in [0.2, 0.25) is 0 Å². The van der Waals surface area contributed by atoms with Crippen LogP contribution in [0.4, 0.5) is 5.69 Å². The van der Waals surface area contributed by atoms with E-state index in [2.05, 4.69) is 26.3 Å². The SMILES string of the molecule is CC(C)n1ncc(NCc2cccc(Br)c2)c(Cl)c1=O. The van der Waals surface area contributed by atoms with E-state index in [1.165, 1.54) is 4.68 Å². The second-order valence-electron chi connectivity index (χ2n) is 4.70. The van der Waals surface area contributed by atoms with Crippen molar-refractivity contribution >= 4 is 33.2 Å². The van der Waals surface area contributed by atoms with Crippen LogP contribution in [0.25, 0.3) is 0 Å². The summed E-state index contributed by atoms with van der Waals surface area (Å²) in [5, 5.41) is 7.42. The first-order valence-corrected chi connectivity index (χ1v) is 7.41. The Bertz CT molecular complexity index is 670. The fourth-order valence-electron chi connectivity index (χ4n) is 1.78. The number of anilines is 1. The van der Waals surface area contributed by atoms with E-state index >= 15 is 0 Å². The quantitative estimate of drug-likeness (QED) is 0.905. The summed E-state index contributed by atoms with van der Waals surface area (Å²) in [4.78, 5) is 12.0. The van der Waals surface area contributed by atoms with E-state index in [-0.39, 0.29) is 16.6 Å². The molecule has 0 bridgehead atoms. The zero-order valence-electron chi connectivity index (χ0n) is 11.2. The highest BCUT2D eigenvalue weighted by molar-refractivity contribution is 9.10. The lowest BCUT2D eigenvalue weighted by atomic mass is 10.2. The molecule has 0 aliphatic heterocycles. The number of hydrogen-bond acceptors (Lipinski definition) is 3. The van der Waals surface area contributed by atoms with Gasteiger partial charge in [-0.2, -0.15) is 5.10 Å². The van der Waals surface area contributed by atoms with Crippen molar-refractivity contribution in [2.24, 2.45) is 0 Å². The van der Waals surface area contributed by atoms with Gasteiger partial charge in [-0.25, -0.2) is 4.68 Å². The third-order valence-electron chi connectivity index (χ3n) is 2.80. The van der Waals surface area contributed by atoms with Crippen LogP contribution in [0, 0.1) is 0 Å². The molecule has 0 radical (unpaired) electrons. The van der Waals surface area contributed by atoms with Crippen molar-refractivity contribution in [3.8, 4) is 0 Å². The molecule has 0 unspecified atom stereocenters. The van der Waals surface area contributed by atoms with Gasteiger partial charge in [0.15, 0.2) is 0 Å². The first-order chi connectivity index (χ1) is 9.49. The Morgan fingerprint density at radius 3 is 2.85 bits per heavy atom. The third-order valence-corrected chi connectivity index (χ3v) is 3.66. The normalized spacial score (nSPS) is 10.8.